The normalized spacial score (nSPS) is 14.6. The zero-order valence-electron chi connectivity index (χ0n) is 10.1. The highest BCUT2D eigenvalue weighted by molar-refractivity contribution is 5.78. The molecule has 17 heavy (non-hydrogen) atoms. The Morgan fingerprint density at radius 2 is 2.00 bits per heavy atom. The summed E-state index contributed by atoms with van der Waals surface area (Å²) in [5, 5.41) is 9.14. The third kappa shape index (κ3) is 2.59. The van der Waals surface area contributed by atoms with Crippen molar-refractivity contribution >= 4 is 5.57 Å². The molecule has 1 aliphatic heterocycles. The average molecular weight is 229 g/mol. The first-order valence-corrected chi connectivity index (χ1v) is 5.72. The Labute approximate surface area is 101 Å². The minimum atomic E-state index is 0.345. The number of hydrogen-bond donors (Lipinski definition) is 0. The lowest BCUT2D eigenvalue weighted by atomic mass is 10.0. The fourth-order valence-electron chi connectivity index (χ4n) is 1.74. The zero-order valence-corrected chi connectivity index (χ0v) is 10.1. The lowest BCUT2D eigenvalue weighted by Gasteiger charge is -2.18. The molecule has 0 unspecified atom stereocenters. The largest absolute Gasteiger partial charge is 0.486 e. The Kier molecular flexibility index (Phi) is 3.34. The van der Waals surface area contributed by atoms with Gasteiger partial charge >= 0.3 is 0 Å². The van der Waals surface area contributed by atoms with Gasteiger partial charge in [0, 0.05) is 0 Å². The summed E-state index contributed by atoms with van der Waals surface area (Å²) in [5.74, 6) is 1.82. The summed E-state index contributed by atoms with van der Waals surface area (Å²) >= 11 is 0. The van der Waals surface area contributed by atoms with Crippen LogP contribution in [0.1, 0.15) is 19.4 Å². The van der Waals surface area contributed by atoms with E-state index in [1.165, 1.54) is 0 Å². The van der Waals surface area contributed by atoms with Crippen molar-refractivity contribution in [1.82, 2.24) is 0 Å². The van der Waals surface area contributed by atoms with Crippen molar-refractivity contribution in [2.75, 3.05) is 13.2 Å². The molecule has 3 nitrogen and oxygen atoms in total. The third-order valence-corrected chi connectivity index (χ3v) is 2.47. The Bertz CT molecular complexity index is 483. The van der Waals surface area contributed by atoms with Crippen LogP contribution in [0, 0.1) is 17.2 Å². The average Bonchev–Trinajstić information content (AvgIpc) is 2.35. The highest BCUT2D eigenvalue weighted by Crippen LogP contribution is 2.33. The maximum atomic E-state index is 9.14. The predicted octanol–water partition coefficient (Wildman–Crippen LogP) is 3.02. The van der Waals surface area contributed by atoms with Crippen molar-refractivity contribution in [3.8, 4) is 17.6 Å². The number of nitriles is 1. The molecule has 3 heteroatoms. The first-order chi connectivity index (χ1) is 8.20. The van der Waals surface area contributed by atoms with Crippen molar-refractivity contribution in [1.29, 1.82) is 5.26 Å². The van der Waals surface area contributed by atoms with E-state index in [1.807, 2.05) is 24.3 Å². The molecule has 0 aliphatic carbocycles. The smallest absolute Gasteiger partial charge is 0.162 e. The highest BCUT2D eigenvalue weighted by Gasteiger charge is 2.13. The maximum absolute atomic E-state index is 9.14. The minimum Gasteiger partial charge on any atom is -0.486 e. The summed E-state index contributed by atoms with van der Waals surface area (Å²) in [4.78, 5) is 0. The Balaban J connectivity index is 2.36. The number of hydrogen-bond acceptors (Lipinski definition) is 3. The van der Waals surface area contributed by atoms with Crippen molar-refractivity contribution < 1.29 is 9.47 Å². The fraction of sp³-hybridized carbons (Fsp3) is 0.357. The van der Waals surface area contributed by atoms with Gasteiger partial charge in [-0.15, -0.1) is 0 Å². The summed E-state index contributed by atoms with van der Waals surface area (Å²) in [6.45, 7) is 5.25. The van der Waals surface area contributed by atoms with E-state index < -0.39 is 0 Å². The van der Waals surface area contributed by atoms with Gasteiger partial charge in [-0.05, 0) is 29.7 Å². The van der Waals surface area contributed by atoms with Crippen LogP contribution >= 0.6 is 0 Å². The van der Waals surface area contributed by atoms with Gasteiger partial charge in [0.15, 0.2) is 11.5 Å². The van der Waals surface area contributed by atoms with Crippen molar-refractivity contribution in [3.63, 3.8) is 0 Å². The molecule has 2 rings (SSSR count). The summed E-state index contributed by atoms with van der Waals surface area (Å²) in [7, 11) is 0. The van der Waals surface area contributed by atoms with E-state index in [1.54, 1.807) is 0 Å². The second-order valence-electron chi connectivity index (χ2n) is 4.29. The first kappa shape index (κ1) is 11.5. The molecule has 1 aliphatic rings. The van der Waals surface area contributed by atoms with E-state index in [2.05, 4.69) is 19.9 Å². The lowest BCUT2D eigenvalue weighted by molar-refractivity contribution is 0.171. The zero-order chi connectivity index (χ0) is 12.3. The van der Waals surface area contributed by atoms with Crippen LogP contribution in [0.25, 0.3) is 5.57 Å². The topological polar surface area (TPSA) is 42.2 Å². The van der Waals surface area contributed by atoms with E-state index in [0.29, 0.717) is 24.7 Å². The van der Waals surface area contributed by atoms with Crippen LogP contribution in [-0.2, 0) is 0 Å². The van der Waals surface area contributed by atoms with Crippen molar-refractivity contribution in [3.05, 3.63) is 29.8 Å². The molecule has 88 valence electrons. The van der Waals surface area contributed by atoms with Gasteiger partial charge in [-0.2, -0.15) is 5.26 Å². The number of ether oxygens (including phenoxy) is 2. The molecule has 0 saturated carbocycles. The van der Waals surface area contributed by atoms with Crippen LogP contribution in [0.2, 0.25) is 0 Å². The summed E-state index contributed by atoms with van der Waals surface area (Å²) in [6.07, 6.45) is 1.95. The van der Waals surface area contributed by atoms with Crippen molar-refractivity contribution in [2.45, 2.75) is 13.8 Å². The highest BCUT2D eigenvalue weighted by atomic mass is 16.6. The number of rotatable bonds is 2. The van der Waals surface area contributed by atoms with Crippen molar-refractivity contribution in [2.24, 2.45) is 5.92 Å². The van der Waals surface area contributed by atoms with E-state index in [0.717, 1.165) is 17.1 Å². The van der Waals surface area contributed by atoms with Crippen LogP contribution < -0.4 is 9.47 Å². The Hall–Kier alpha value is -1.95. The lowest BCUT2D eigenvalue weighted by Crippen LogP contribution is -2.15. The standard InChI is InChI=1S/C14H15NO2/c1-10(2)7-12(9-15)11-3-4-13-14(8-11)17-6-5-16-13/h3-4,7-8,10H,5-6H2,1-2H3/b12-7+. The van der Waals surface area contributed by atoms with Gasteiger partial charge in [0.05, 0.1) is 11.6 Å². The first-order valence-electron chi connectivity index (χ1n) is 5.72. The van der Waals surface area contributed by atoms with Crippen LogP contribution in [0.3, 0.4) is 0 Å². The third-order valence-electron chi connectivity index (χ3n) is 2.47. The van der Waals surface area contributed by atoms with E-state index in [-0.39, 0.29) is 0 Å². The second kappa shape index (κ2) is 4.92. The molecule has 0 bridgehead atoms. The fourth-order valence-corrected chi connectivity index (χ4v) is 1.74. The van der Waals surface area contributed by atoms with Crippen LogP contribution in [0.5, 0.6) is 11.5 Å². The van der Waals surface area contributed by atoms with Gasteiger partial charge in [0.1, 0.15) is 13.2 Å². The molecule has 0 aromatic heterocycles. The number of allylic oxidation sites excluding steroid dienone is 2. The summed E-state index contributed by atoms with van der Waals surface area (Å²) in [5.41, 5.74) is 1.56. The Morgan fingerprint density at radius 1 is 1.29 bits per heavy atom. The molecule has 1 aromatic rings. The second-order valence-corrected chi connectivity index (χ2v) is 4.29. The Morgan fingerprint density at radius 3 is 2.65 bits per heavy atom. The van der Waals surface area contributed by atoms with E-state index in [4.69, 9.17) is 14.7 Å². The number of nitrogens with zero attached hydrogens (tertiary/aromatic N) is 1. The molecular formula is C14H15NO2. The molecule has 0 radical (unpaired) electrons. The molecule has 0 fully saturated rings. The van der Waals surface area contributed by atoms with Crippen LogP contribution in [-0.4, -0.2) is 13.2 Å². The molecule has 0 spiro atoms. The van der Waals surface area contributed by atoms with E-state index >= 15 is 0 Å². The predicted molar refractivity (Wildman–Crippen MR) is 65.9 cm³/mol. The van der Waals surface area contributed by atoms with Gasteiger partial charge in [-0.3, -0.25) is 0 Å². The molecule has 0 amide bonds. The van der Waals surface area contributed by atoms with Gasteiger partial charge < -0.3 is 9.47 Å². The van der Waals surface area contributed by atoms with E-state index in [9.17, 15) is 0 Å². The van der Waals surface area contributed by atoms with Gasteiger partial charge in [-0.1, -0.05) is 19.9 Å². The monoisotopic (exact) mass is 229 g/mol. The van der Waals surface area contributed by atoms with Gasteiger partial charge in [-0.25, -0.2) is 0 Å². The summed E-state index contributed by atoms with van der Waals surface area (Å²) < 4.78 is 10.9. The van der Waals surface area contributed by atoms with Crippen LogP contribution in [0.15, 0.2) is 24.3 Å². The van der Waals surface area contributed by atoms with Gasteiger partial charge in [0.2, 0.25) is 0 Å². The quantitative estimate of drug-likeness (QED) is 0.732. The molecular weight excluding hydrogens is 214 g/mol. The minimum absolute atomic E-state index is 0.345. The number of benzene rings is 1. The maximum Gasteiger partial charge on any atom is 0.162 e. The summed E-state index contributed by atoms with van der Waals surface area (Å²) in [6, 6.07) is 7.84. The number of fused-ring (bicyclic) bond motifs is 1. The molecule has 0 saturated heterocycles. The molecule has 1 aromatic carbocycles. The molecule has 1 heterocycles. The molecule has 0 N–H and O–H groups in total. The van der Waals surface area contributed by atoms with Gasteiger partial charge in [0.25, 0.3) is 0 Å². The van der Waals surface area contributed by atoms with Crippen LogP contribution in [0.4, 0.5) is 0 Å². The molecule has 0 atom stereocenters. The SMILES string of the molecule is CC(C)/C=C(\C#N)c1ccc2c(c1)OCCO2.